The topological polar surface area (TPSA) is 61.4 Å². The minimum Gasteiger partial charge on any atom is -0.336 e. The van der Waals surface area contributed by atoms with E-state index in [1.54, 1.807) is 0 Å². The van der Waals surface area contributed by atoms with E-state index in [0.29, 0.717) is 18.7 Å². The van der Waals surface area contributed by atoms with E-state index in [4.69, 9.17) is 0 Å². The summed E-state index contributed by atoms with van der Waals surface area (Å²) in [6.07, 6.45) is 0.898. The fraction of sp³-hybridized carbons (Fsp3) is 0.333. The minimum atomic E-state index is -0.188. The Bertz CT molecular complexity index is 784. The lowest BCUT2D eigenvalue weighted by Gasteiger charge is -2.29. The van der Waals surface area contributed by atoms with Crippen LogP contribution in [0.3, 0.4) is 0 Å². The molecule has 2 aromatic carbocycles. The Labute approximate surface area is 154 Å². The third-order valence-corrected chi connectivity index (χ3v) is 4.49. The van der Waals surface area contributed by atoms with Crippen LogP contribution in [0.1, 0.15) is 40.9 Å². The normalized spacial score (nSPS) is 13.3. The Balaban J connectivity index is 1.58. The van der Waals surface area contributed by atoms with Gasteiger partial charge in [0.05, 0.1) is 0 Å². The molecule has 1 aliphatic heterocycles. The number of benzene rings is 2. The summed E-state index contributed by atoms with van der Waals surface area (Å²) in [7, 11) is 0. The molecular weight excluding hydrogens is 326 g/mol. The summed E-state index contributed by atoms with van der Waals surface area (Å²) in [5.41, 5.74) is 4.20. The number of nitrogens with zero attached hydrogens (tertiary/aromatic N) is 1. The van der Waals surface area contributed by atoms with E-state index in [1.807, 2.05) is 55.1 Å². The number of carbonyl (C=O) groups is 2. The van der Waals surface area contributed by atoms with Crippen molar-refractivity contribution < 1.29 is 9.59 Å². The second-order valence-corrected chi connectivity index (χ2v) is 6.92. The highest BCUT2D eigenvalue weighted by Crippen LogP contribution is 2.20. The van der Waals surface area contributed by atoms with Gasteiger partial charge in [0, 0.05) is 31.2 Å². The molecule has 0 saturated carbocycles. The highest BCUT2D eigenvalue weighted by molar-refractivity contribution is 5.94. The van der Waals surface area contributed by atoms with E-state index in [0.717, 1.165) is 18.5 Å². The second kappa shape index (κ2) is 8.04. The maximum atomic E-state index is 12.8. The van der Waals surface area contributed by atoms with Gasteiger partial charge >= 0.3 is 6.03 Å². The van der Waals surface area contributed by atoms with Crippen molar-refractivity contribution in [1.29, 1.82) is 0 Å². The van der Waals surface area contributed by atoms with Crippen molar-refractivity contribution in [3.63, 3.8) is 0 Å². The van der Waals surface area contributed by atoms with Crippen LogP contribution in [-0.4, -0.2) is 29.4 Å². The quantitative estimate of drug-likeness (QED) is 0.889. The number of nitrogens with one attached hydrogen (secondary N) is 2. The molecule has 0 aromatic heterocycles. The predicted octanol–water partition coefficient (Wildman–Crippen LogP) is 3.09. The van der Waals surface area contributed by atoms with Crippen LogP contribution in [0.2, 0.25) is 0 Å². The molecule has 136 valence electrons. The van der Waals surface area contributed by atoms with Crippen molar-refractivity contribution >= 4 is 11.9 Å². The molecule has 26 heavy (non-hydrogen) atoms. The lowest BCUT2D eigenvalue weighted by atomic mass is 9.99. The van der Waals surface area contributed by atoms with E-state index in [1.165, 1.54) is 11.1 Å². The highest BCUT2D eigenvalue weighted by atomic mass is 16.2. The number of rotatable bonds is 4. The maximum absolute atomic E-state index is 12.8. The molecule has 3 rings (SSSR count). The molecule has 1 aliphatic rings. The van der Waals surface area contributed by atoms with Gasteiger partial charge in [-0.2, -0.15) is 0 Å². The van der Waals surface area contributed by atoms with Crippen molar-refractivity contribution in [3.8, 4) is 0 Å². The largest absolute Gasteiger partial charge is 0.336 e. The average Bonchev–Trinajstić information content (AvgIpc) is 2.65. The third kappa shape index (κ3) is 4.42. The lowest BCUT2D eigenvalue weighted by molar-refractivity contribution is 0.0734. The number of fused-ring (bicyclic) bond motifs is 1. The first-order chi connectivity index (χ1) is 12.5. The van der Waals surface area contributed by atoms with Crippen LogP contribution in [0.15, 0.2) is 48.5 Å². The van der Waals surface area contributed by atoms with Gasteiger partial charge in [0.1, 0.15) is 0 Å². The zero-order chi connectivity index (χ0) is 18.5. The Morgan fingerprint density at radius 2 is 1.73 bits per heavy atom. The van der Waals surface area contributed by atoms with Crippen LogP contribution in [0.5, 0.6) is 0 Å². The molecule has 0 bridgehead atoms. The molecule has 2 aromatic rings. The molecule has 1 heterocycles. The molecular formula is C21H25N3O2. The van der Waals surface area contributed by atoms with Crippen molar-refractivity contribution in [2.45, 2.75) is 39.4 Å². The number of carbonyl (C=O) groups excluding carboxylic acids is 2. The molecule has 0 spiro atoms. The minimum absolute atomic E-state index is 0.0524. The Morgan fingerprint density at radius 3 is 2.42 bits per heavy atom. The Hall–Kier alpha value is -2.82. The predicted molar refractivity (Wildman–Crippen MR) is 102 cm³/mol. The highest BCUT2D eigenvalue weighted by Gasteiger charge is 2.21. The summed E-state index contributed by atoms with van der Waals surface area (Å²) in [6.45, 7) is 5.67. The third-order valence-electron chi connectivity index (χ3n) is 4.49. The van der Waals surface area contributed by atoms with Crippen LogP contribution in [-0.2, 0) is 19.5 Å². The summed E-state index contributed by atoms with van der Waals surface area (Å²) in [5.74, 6) is 0.0524. The van der Waals surface area contributed by atoms with Crippen LogP contribution in [0, 0.1) is 0 Å². The summed E-state index contributed by atoms with van der Waals surface area (Å²) in [4.78, 5) is 26.3. The molecule has 5 nitrogen and oxygen atoms in total. The van der Waals surface area contributed by atoms with E-state index < -0.39 is 0 Å². The molecule has 0 unspecified atom stereocenters. The summed E-state index contributed by atoms with van der Waals surface area (Å²) >= 11 is 0. The zero-order valence-electron chi connectivity index (χ0n) is 15.3. The standard InChI is InChI=1S/C21H25N3O2/c1-15(2)23-21(26)22-13-16-7-9-18(10-8-16)20(25)24-12-11-17-5-3-4-6-19(17)14-24/h3-10,15H,11-14H2,1-2H3,(H2,22,23,26). The molecule has 0 saturated heterocycles. The molecule has 5 heteroatoms. The first-order valence-corrected chi connectivity index (χ1v) is 9.02. The van der Waals surface area contributed by atoms with Crippen LogP contribution < -0.4 is 10.6 Å². The van der Waals surface area contributed by atoms with E-state index in [-0.39, 0.29) is 18.0 Å². The number of urea groups is 1. The number of amides is 3. The number of hydrogen-bond donors (Lipinski definition) is 2. The van der Waals surface area contributed by atoms with Gasteiger partial charge in [-0.05, 0) is 49.1 Å². The van der Waals surface area contributed by atoms with E-state index in [2.05, 4.69) is 22.8 Å². The maximum Gasteiger partial charge on any atom is 0.315 e. The van der Waals surface area contributed by atoms with Crippen LogP contribution >= 0.6 is 0 Å². The first kappa shape index (κ1) is 18.0. The van der Waals surface area contributed by atoms with E-state index >= 15 is 0 Å². The van der Waals surface area contributed by atoms with Gasteiger partial charge in [0.2, 0.25) is 0 Å². The smallest absolute Gasteiger partial charge is 0.315 e. The Morgan fingerprint density at radius 1 is 1.04 bits per heavy atom. The molecule has 0 aliphatic carbocycles. The number of hydrogen-bond acceptors (Lipinski definition) is 2. The van der Waals surface area contributed by atoms with Gasteiger partial charge in [-0.1, -0.05) is 36.4 Å². The summed E-state index contributed by atoms with van der Waals surface area (Å²) in [6, 6.07) is 15.6. The first-order valence-electron chi connectivity index (χ1n) is 9.02. The lowest BCUT2D eigenvalue weighted by Crippen LogP contribution is -2.39. The van der Waals surface area contributed by atoms with Crippen molar-refractivity contribution in [2.24, 2.45) is 0 Å². The van der Waals surface area contributed by atoms with Crippen molar-refractivity contribution in [3.05, 3.63) is 70.8 Å². The van der Waals surface area contributed by atoms with Gasteiger partial charge < -0.3 is 15.5 Å². The van der Waals surface area contributed by atoms with Gasteiger partial charge in [0.15, 0.2) is 0 Å². The fourth-order valence-corrected chi connectivity index (χ4v) is 3.11. The van der Waals surface area contributed by atoms with Crippen LogP contribution in [0.4, 0.5) is 4.79 Å². The van der Waals surface area contributed by atoms with E-state index in [9.17, 15) is 9.59 Å². The van der Waals surface area contributed by atoms with Gasteiger partial charge in [0.25, 0.3) is 5.91 Å². The molecule has 0 atom stereocenters. The fourth-order valence-electron chi connectivity index (χ4n) is 3.11. The van der Waals surface area contributed by atoms with Gasteiger partial charge in [-0.15, -0.1) is 0 Å². The SMILES string of the molecule is CC(C)NC(=O)NCc1ccc(C(=O)N2CCc3ccccc3C2)cc1. The second-order valence-electron chi connectivity index (χ2n) is 6.92. The molecule has 3 amide bonds. The van der Waals surface area contributed by atoms with Gasteiger partial charge in [-0.25, -0.2) is 4.79 Å². The van der Waals surface area contributed by atoms with Crippen molar-refractivity contribution in [1.82, 2.24) is 15.5 Å². The van der Waals surface area contributed by atoms with Crippen LogP contribution in [0.25, 0.3) is 0 Å². The Kier molecular flexibility index (Phi) is 5.56. The monoisotopic (exact) mass is 351 g/mol. The molecule has 2 N–H and O–H groups in total. The summed E-state index contributed by atoms with van der Waals surface area (Å²) in [5, 5.41) is 5.59. The molecule has 0 radical (unpaired) electrons. The van der Waals surface area contributed by atoms with Gasteiger partial charge in [-0.3, -0.25) is 4.79 Å². The molecule has 0 fully saturated rings. The van der Waals surface area contributed by atoms with Crippen molar-refractivity contribution in [2.75, 3.05) is 6.54 Å². The summed E-state index contributed by atoms with van der Waals surface area (Å²) < 4.78 is 0. The average molecular weight is 351 g/mol. The zero-order valence-corrected chi connectivity index (χ0v) is 15.3.